The summed E-state index contributed by atoms with van der Waals surface area (Å²) in [6.07, 6.45) is 2.06. The summed E-state index contributed by atoms with van der Waals surface area (Å²) in [5.41, 5.74) is 0.530. The molecule has 0 spiro atoms. The molecule has 0 fully saturated rings. The van der Waals surface area contributed by atoms with E-state index in [2.05, 4.69) is 17.0 Å². The molecule has 25 heavy (non-hydrogen) atoms. The van der Waals surface area contributed by atoms with E-state index < -0.39 is 10.0 Å². The summed E-state index contributed by atoms with van der Waals surface area (Å²) in [6.45, 7) is 3.04. The van der Waals surface area contributed by atoms with E-state index >= 15 is 0 Å². The maximum Gasteiger partial charge on any atom is 0.251 e. The highest BCUT2D eigenvalue weighted by Gasteiger charge is 2.14. The lowest BCUT2D eigenvalue weighted by molar-refractivity contribution is 0.0951. The molecule has 0 aliphatic rings. The normalized spacial score (nSPS) is 11.3. The van der Waals surface area contributed by atoms with Gasteiger partial charge in [0.25, 0.3) is 5.91 Å². The summed E-state index contributed by atoms with van der Waals surface area (Å²) in [6, 6.07) is 10.2. The Morgan fingerprint density at radius 2 is 1.88 bits per heavy atom. The molecule has 8 heteroatoms. The Labute approximate surface area is 152 Å². The molecule has 1 heterocycles. The molecular formula is C17H22N2O4S2. The van der Waals surface area contributed by atoms with E-state index in [-0.39, 0.29) is 16.7 Å². The van der Waals surface area contributed by atoms with Gasteiger partial charge >= 0.3 is 0 Å². The van der Waals surface area contributed by atoms with Crippen molar-refractivity contribution in [1.29, 1.82) is 0 Å². The second-order valence-corrected chi connectivity index (χ2v) is 8.62. The summed E-state index contributed by atoms with van der Waals surface area (Å²) < 4.78 is 31.5. The monoisotopic (exact) mass is 382 g/mol. The van der Waals surface area contributed by atoms with Crippen molar-refractivity contribution in [2.24, 2.45) is 0 Å². The minimum Gasteiger partial charge on any atom is -0.494 e. The number of unbranched alkanes of at least 4 members (excludes halogenated alkanes) is 1. The molecule has 0 saturated heterocycles. The Bertz CT molecular complexity index is 798. The van der Waals surface area contributed by atoms with Crippen LogP contribution in [0.5, 0.6) is 5.75 Å². The molecule has 1 aromatic carbocycles. The Hall–Kier alpha value is -1.90. The third-order valence-electron chi connectivity index (χ3n) is 3.48. The number of rotatable bonds is 9. The van der Waals surface area contributed by atoms with Gasteiger partial charge in [0.2, 0.25) is 10.0 Å². The van der Waals surface area contributed by atoms with Gasteiger partial charge in [0, 0.05) is 10.4 Å². The molecular weight excluding hydrogens is 360 g/mol. The summed E-state index contributed by atoms with van der Waals surface area (Å²) in [5.74, 6) is 0.525. The van der Waals surface area contributed by atoms with Crippen LogP contribution in [-0.2, 0) is 16.6 Å². The molecule has 0 saturated carbocycles. The van der Waals surface area contributed by atoms with Crippen molar-refractivity contribution in [3.63, 3.8) is 0 Å². The van der Waals surface area contributed by atoms with Crippen molar-refractivity contribution < 1.29 is 17.9 Å². The number of sulfonamides is 1. The largest absolute Gasteiger partial charge is 0.494 e. The van der Waals surface area contributed by atoms with Gasteiger partial charge in [0.15, 0.2) is 0 Å². The predicted octanol–water partition coefficient (Wildman–Crippen LogP) is 2.77. The lowest BCUT2D eigenvalue weighted by Gasteiger charge is -2.07. The van der Waals surface area contributed by atoms with Crippen molar-refractivity contribution in [3.05, 3.63) is 46.8 Å². The fraction of sp³-hybridized carbons (Fsp3) is 0.353. The van der Waals surface area contributed by atoms with Gasteiger partial charge in [-0.15, -0.1) is 11.3 Å². The van der Waals surface area contributed by atoms with Crippen LogP contribution in [0.4, 0.5) is 0 Å². The molecule has 0 atom stereocenters. The molecule has 136 valence electrons. The molecule has 0 bridgehead atoms. The van der Waals surface area contributed by atoms with Gasteiger partial charge in [0.1, 0.15) is 9.96 Å². The molecule has 0 aliphatic carbocycles. The lowest BCUT2D eigenvalue weighted by atomic mass is 10.2. The lowest BCUT2D eigenvalue weighted by Crippen LogP contribution is -2.22. The van der Waals surface area contributed by atoms with Crippen molar-refractivity contribution in [2.45, 2.75) is 30.5 Å². The zero-order valence-electron chi connectivity index (χ0n) is 14.2. The number of hydrogen-bond acceptors (Lipinski definition) is 5. The number of carbonyl (C=O) groups excluding carboxylic acids is 1. The molecule has 0 aliphatic heterocycles. The number of ether oxygens (including phenoxy) is 1. The number of benzene rings is 1. The predicted molar refractivity (Wildman–Crippen MR) is 98.6 cm³/mol. The van der Waals surface area contributed by atoms with Crippen LogP contribution in [0.25, 0.3) is 0 Å². The van der Waals surface area contributed by atoms with Crippen molar-refractivity contribution >= 4 is 27.3 Å². The first-order valence-corrected chi connectivity index (χ1v) is 10.3. The molecule has 2 aromatic rings. The van der Waals surface area contributed by atoms with Crippen LogP contribution in [0.2, 0.25) is 0 Å². The zero-order chi connectivity index (χ0) is 18.3. The first-order valence-electron chi connectivity index (χ1n) is 7.99. The first kappa shape index (κ1) is 19.4. The Morgan fingerprint density at radius 3 is 2.52 bits per heavy atom. The number of carbonyl (C=O) groups is 1. The number of thiophene rings is 1. The van der Waals surface area contributed by atoms with Crippen molar-refractivity contribution in [1.82, 2.24) is 10.0 Å². The Balaban J connectivity index is 1.90. The van der Waals surface area contributed by atoms with Gasteiger partial charge in [-0.05, 0) is 49.9 Å². The molecule has 2 rings (SSSR count). The third kappa shape index (κ3) is 5.55. The molecule has 0 unspecified atom stereocenters. The SMILES string of the molecule is CCCCOc1ccc(C(=O)NCc2ccc(S(=O)(=O)NC)s2)cc1. The molecule has 1 aromatic heterocycles. The Morgan fingerprint density at radius 1 is 1.16 bits per heavy atom. The second kappa shape index (κ2) is 8.98. The fourth-order valence-corrected chi connectivity index (χ4v) is 4.14. The van der Waals surface area contributed by atoms with Crippen molar-refractivity contribution in [2.75, 3.05) is 13.7 Å². The second-order valence-electron chi connectivity index (χ2n) is 5.34. The van der Waals surface area contributed by atoms with E-state index in [0.717, 1.165) is 34.8 Å². The summed E-state index contributed by atoms with van der Waals surface area (Å²) in [4.78, 5) is 12.9. The van der Waals surface area contributed by atoms with E-state index in [9.17, 15) is 13.2 Å². The van der Waals surface area contributed by atoms with Crippen LogP contribution >= 0.6 is 11.3 Å². The van der Waals surface area contributed by atoms with Crippen LogP contribution in [-0.4, -0.2) is 28.0 Å². The van der Waals surface area contributed by atoms with E-state index in [1.54, 1.807) is 30.3 Å². The van der Waals surface area contributed by atoms with E-state index in [4.69, 9.17) is 4.74 Å². The summed E-state index contributed by atoms with van der Waals surface area (Å²) in [7, 11) is -2.07. The van der Waals surface area contributed by atoms with E-state index in [1.165, 1.54) is 13.1 Å². The highest BCUT2D eigenvalue weighted by atomic mass is 32.2. The fourth-order valence-electron chi connectivity index (χ4n) is 2.00. The molecule has 1 amide bonds. The maximum atomic E-state index is 12.2. The van der Waals surface area contributed by atoms with Gasteiger partial charge in [-0.3, -0.25) is 4.79 Å². The van der Waals surface area contributed by atoms with E-state index in [1.807, 2.05) is 0 Å². The quantitative estimate of drug-likeness (QED) is 0.653. The topological polar surface area (TPSA) is 84.5 Å². The zero-order valence-corrected chi connectivity index (χ0v) is 15.9. The van der Waals surface area contributed by atoms with Gasteiger partial charge in [-0.25, -0.2) is 13.1 Å². The molecule has 6 nitrogen and oxygen atoms in total. The van der Waals surface area contributed by atoms with Crippen LogP contribution in [0.15, 0.2) is 40.6 Å². The van der Waals surface area contributed by atoms with Gasteiger partial charge in [-0.2, -0.15) is 0 Å². The van der Waals surface area contributed by atoms with Crippen molar-refractivity contribution in [3.8, 4) is 5.75 Å². The Kier molecular flexibility index (Phi) is 6.98. The van der Waals surface area contributed by atoms with Gasteiger partial charge in [-0.1, -0.05) is 13.3 Å². The molecule has 0 radical (unpaired) electrons. The first-order chi connectivity index (χ1) is 12.0. The molecule has 2 N–H and O–H groups in total. The van der Waals surface area contributed by atoms with Gasteiger partial charge < -0.3 is 10.1 Å². The van der Waals surface area contributed by atoms with Crippen LogP contribution < -0.4 is 14.8 Å². The maximum absolute atomic E-state index is 12.2. The van der Waals surface area contributed by atoms with Crippen LogP contribution in [0.1, 0.15) is 35.0 Å². The average molecular weight is 383 g/mol. The minimum absolute atomic E-state index is 0.216. The standard InChI is InChI=1S/C17H22N2O4S2/c1-3-4-11-23-14-7-5-13(6-8-14)17(20)19-12-15-9-10-16(24-15)25(21,22)18-2/h5-10,18H,3-4,11-12H2,1-2H3,(H,19,20). The number of hydrogen-bond donors (Lipinski definition) is 2. The van der Waals surface area contributed by atoms with Crippen LogP contribution in [0, 0.1) is 0 Å². The summed E-state index contributed by atoms with van der Waals surface area (Å²) in [5, 5.41) is 2.79. The minimum atomic E-state index is -3.44. The average Bonchev–Trinajstić information content (AvgIpc) is 3.10. The van der Waals surface area contributed by atoms with E-state index in [0.29, 0.717) is 12.2 Å². The van der Waals surface area contributed by atoms with Crippen LogP contribution in [0.3, 0.4) is 0 Å². The van der Waals surface area contributed by atoms with Gasteiger partial charge in [0.05, 0.1) is 13.2 Å². The third-order valence-corrected chi connectivity index (χ3v) is 6.47. The number of amides is 1. The smallest absolute Gasteiger partial charge is 0.251 e. The highest BCUT2D eigenvalue weighted by Crippen LogP contribution is 2.21. The number of nitrogens with one attached hydrogen (secondary N) is 2. The summed E-state index contributed by atoms with van der Waals surface area (Å²) >= 11 is 1.13. The highest BCUT2D eigenvalue weighted by molar-refractivity contribution is 7.91.